The van der Waals surface area contributed by atoms with Crippen molar-refractivity contribution < 1.29 is 4.52 Å². The maximum absolute atomic E-state index is 6.37. The lowest BCUT2D eigenvalue weighted by Crippen LogP contribution is -2.23. The number of pyridine rings is 1. The highest BCUT2D eigenvalue weighted by Crippen LogP contribution is 2.36. The van der Waals surface area contributed by atoms with Crippen LogP contribution in [0.3, 0.4) is 0 Å². The molecule has 122 valence electrons. The monoisotopic (exact) mass is 340 g/mol. The number of rotatable bonds is 4. The maximum atomic E-state index is 6.37. The van der Waals surface area contributed by atoms with Gasteiger partial charge in [-0.1, -0.05) is 35.0 Å². The summed E-state index contributed by atoms with van der Waals surface area (Å²) in [6.45, 7) is 1.63. The minimum atomic E-state index is 0.299. The van der Waals surface area contributed by atoms with Gasteiger partial charge in [0.2, 0.25) is 11.7 Å². The van der Waals surface area contributed by atoms with Crippen LogP contribution in [0.15, 0.2) is 53.3 Å². The van der Waals surface area contributed by atoms with E-state index in [9.17, 15) is 0 Å². The van der Waals surface area contributed by atoms with E-state index >= 15 is 0 Å². The van der Waals surface area contributed by atoms with Crippen molar-refractivity contribution in [2.75, 3.05) is 6.54 Å². The van der Waals surface area contributed by atoms with Gasteiger partial charge in [-0.25, -0.2) is 0 Å². The number of benzene rings is 1. The van der Waals surface area contributed by atoms with Gasteiger partial charge in [-0.05, 0) is 43.1 Å². The smallest absolute Gasteiger partial charge is 0.241 e. The van der Waals surface area contributed by atoms with E-state index < -0.39 is 0 Å². The predicted molar refractivity (Wildman–Crippen MR) is 91.4 cm³/mol. The molecule has 0 N–H and O–H groups in total. The van der Waals surface area contributed by atoms with Crippen molar-refractivity contribution in [2.45, 2.75) is 25.4 Å². The molecule has 0 spiro atoms. The quantitative estimate of drug-likeness (QED) is 0.715. The second-order valence-corrected chi connectivity index (χ2v) is 6.31. The summed E-state index contributed by atoms with van der Waals surface area (Å²) in [4.78, 5) is 10.9. The Morgan fingerprint density at radius 2 is 2.12 bits per heavy atom. The van der Waals surface area contributed by atoms with Gasteiger partial charge in [-0.15, -0.1) is 0 Å². The topological polar surface area (TPSA) is 55.1 Å². The summed E-state index contributed by atoms with van der Waals surface area (Å²) in [5, 5.41) is 4.88. The SMILES string of the molecule is Clc1ccccc1[C@H]1CCCN1Cc1nc(-c2cccnc2)no1. The first-order valence-corrected chi connectivity index (χ1v) is 8.40. The molecule has 1 saturated heterocycles. The Bertz CT molecular complexity index is 821. The van der Waals surface area contributed by atoms with E-state index in [0.717, 1.165) is 30.0 Å². The van der Waals surface area contributed by atoms with Gasteiger partial charge in [0.1, 0.15) is 0 Å². The third kappa shape index (κ3) is 3.05. The predicted octanol–water partition coefficient (Wildman–Crippen LogP) is 4.12. The fourth-order valence-electron chi connectivity index (χ4n) is 3.22. The number of nitrogens with zero attached hydrogens (tertiary/aromatic N) is 4. The molecule has 6 heteroatoms. The van der Waals surface area contributed by atoms with Crippen LogP contribution < -0.4 is 0 Å². The van der Waals surface area contributed by atoms with Gasteiger partial charge >= 0.3 is 0 Å². The number of hydrogen-bond donors (Lipinski definition) is 0. The third-order valence-electron chi connectivity index (χ3n) is 4.35. The first-order chi connectivity index (χ1) is 11.8. The minimum Gasteiger partial charge on any atom is -0.338 e. The Hall–Kier alpha value is -2.24. The second-order valence-electron chi connectivity index (χ2n) is 5.90. The Morgan fingerprint density at radius 1 is 1.21 bits per heavy atom. The summed E-state index contributed by atoms with van der Waals surface area (Å²) in [6, 6.07) is 12.1. The Balaban J connectivity index is 1.53. The second kappa shape index (κ2) is 6.71. The van der Waals surface area contributed by atoms with Crippen molar-refractivity contribution in [2.24, 2.45) is 0 Å². The molecular weight excluding hydrogens is 324 g/mol. The van der Waals surface area contributed by atoms with E-state index in [4.69, 9.17) is 16.1 Å². The van der Waals surface area contributed by atoms with Gasteiger partial charge in [0.05, 0.1) is 6.54 Å². The van der Waals surface area contributed by atoms with Gasteiger partial charge in [0.15, 0.2) is 0 Å². The van der Waals surface area contributed by atoms with Gasteiger partial charge < -0.3 is 4.52 Å². The van der Waals surface area contributed by atoms with E-state index in [0.29, 0.717) is 24.3 Å². The summed E-state index contributed by atoms with van der Waals surface area (Å²) in [7, 11) is 0. The third-order valence-corrected chi connectivity index (χ3v) is 4.70. The van der Waals surface area contributed by atoms with Crippen molar-refractivity contribution >= 4 is 11.6 Å². The Labute approximate surface area is 145 Å². The average molecular weight is 341 g/mol. The van der Waals surface area contributed by atoms with E-state index in [1.807, 2.05) is 30.3 Å². The summed E-state index contributed by atoms with van der Waals surface area (Å²) in [6.07, 6.45) is 5.69. The normalized spacial score (nSPS) is 18.1. The lowest BCUT2D eigenvalue weighted by molar-refractivity contribution is 0.212. The van der Waals surface area contributed by atoms with E-state index in [-0.39, 0.29) is 0 Å². The number of aromatic nitrogens is 3. The molecular formula is C18H17ClN4O. The number of halogens is 1. The van der Waals surface area contributed by atoms with Gasteiger partial charge in [-0.3, -0.25) is 9.88 Å². The zero-order valence-electron chi connectivity index (χ0n) is 13.1. The lowest BCUT2D eigenvalue weighted by atomic mass is 10.0. The molecule has 1 atom stereocenters. The first kappa shape index (κ1) is 15.3. The molecule has 5 nitrogen and oxygen atoms in total. The molecule has 0 aliphatic carbocycles. The van der Waals surface area contributed by atoms with Gasteiger partial charge in [0.25, 0.3) is 0 Å². The fourth-order valence-corrected chi connectivity index (χ4v) is 3.48. The Kier molecular flexibility index (Phi) is 4.28. The standard InChI is InChI=1S/C18H17ClN4O/c19-15-7-2-1-6-14(15)16-8-4-10-23(16)12-17-21-18(22-24-17)13-5-3-9-20-11-13/h1-3,5-7,9,11,16H,4,8,10,12H2/t16-/m1/s1. The largest absolute Gasteiger partial charge is 0.338 e. The van der Waals surface area contributed by atoms with Crippen LogP contribution in [0.1, 0.15) is 30.3 Å². The van der Waals surface area contributed by atoms with Crippen molar-refractivity contribution in [1.29, 1.82) is 0 Å². The molecule has 1 aliphatic heterocycles. The lowest BCUT2D eigenvalue weighted by Gasteiger charge is -2.23. The molecule has 24 heavy (non-hydrogen) atoms. The van der Waals surface area contributed by atoms with Crippen LogP contribution in [0.5, 0.6) is 0 Å². The summed E-state index contributed by atoms with van der Waals surface area (Å²) >= 11 is 6.37. The zero-order chi connectivity index (χ0) is 16.4. The van der Waals surface area contributed by atoms with Crippen LogP contribution >= 0.6 is 11.6 Å². The molecule has 1 aliphatic rings. The first-order valence-electron chi connectivity index (χ1n) is 8.03. The van der Waals surface area contributed by atoms with E-state index in [1.54, 1.807) is 12.4 Å². The van der Waals surface area contributed by atoms with Crippen molar-refractivity contribution in [3.8, 4) is 11.4 Å². The summed E-state index contributed by atoms with van der Waals surface area (Å²) in [5.74, 6) is 1.19. The van der Waals surface area contributed by atoms with Crippen LogP contribution in [-0.4, -0.2) is 26.6 Å². The molecule has 0 saturated carbocycles. The molecule has 2 aromatic heterocycles. The average Bonchev–Trinajstić information content (AvgIpc) is 3.26. The number of likely N-dealkylation sites (tertiary alicyclic amines) is 1. The zero-order valence-corrected chi connectivity index (χ0v) is 13.9. The number of hydrogen-bond acceptors (Lipinski definition) is 5. The van der Waals surface area contributed by atoms with E-state index in [1.165, 1.54) is 5.56 Å². The van der Waals surface area contributed by atoms with Gasteiger partial charge in [0, 0.05) is 29.0 Å². The molecule has 3 heterocycles. The highest BCUT2D eigenvalue weighted by molar-refractivity contribution is 6.31. The van der Waals surface area contributed by atoms with Crippen LogP contribution in [0.25, 0.3) is 11.4 Å². The Morgan fingerprint density at radius 3 is 2.96 bits per heavy atom. The molecule has 1 aromatic carbocycles. The summed E-state index contributed by atoms with van der Waals surface area (Å²) in [5.41, 5.74) is 2.03. The highest BCUT2D eigenvalue weighted by atomic mass is 35.5. The van der Waals surface area contributed by atoms with Crippen molar-refractivity contribution in [1.82, 2.24) is 20.0 Å². The highest BCUT2D eigenvalue weighted by Gasteiger charge is 2.28. The molecule has 1 fully saturated rings. The van der Waals surface area contributed by atoms with Crippen LogP contribution in [0.2, 0.25) is 5.02 Å². The molecule has 0 bridgehead atoms. The fraction of sp³-hybridized carbons (Fsp3) is 0.278. The minimum absolute atomic E-state index is 0.299. The van der Waals surface area contributed by atoms with Crippen LogP contribution in [0, 0.1) is 0 Å². The van der Waals surface area contributed by atoms with Crippen molar-refractivity contribution in [3.05, 3.63) is 65.3 Å². The molecule has 0 amide bonds. The summed E-state index contributed by atoms with van der Waals surface area (Å²) < 4.78 is 5.43. The molecule has 4 rings (SSSR count). The van der Waals surface area contributed by atoms with Gasteiger partial charge in [-0.2, -0.15) is 4.98 Å². The molecule has 0 radical (unpaired) electrons. The van der Waals surface area contributed by atoms with E-state index in [2.05, 4.69) is 26.1 Å². The molecule has 3 aromatic rings. The van der Waals surface area contributed by atoms with Crippen molar-refractivity contribution in [3.63, 3.8) is 0 Å². The van der Waals surface area contributed by atoms with Crippen LogP contribution in [0.4, 0.5) is 0 Å². The van der Waals surface area contributed by atoms with Crippen LogP contribution in [-0.2, 0) is 6.54 Å². The maximum Gasteiger partial charge on any atom is 0.241 e. The molecule has 0 unspecified atom stereocenters.